The van der Waals surface area contributed by atoms with Crippen molar-refractivity contribution < 1.29 is 19.4 Å². The average Bonchev–Trinajstić information content (AvgIpc) is 3.31. The summed E-state index contributed by atoms with van der Waals surface area (Å²) >= 11 is 0. The standard InChI is InChI=1S/C34H47N3O4/c1-5-6-12-24(3)34(40)37(4)30-15-10-11-18-41-32-21-28(27-19-23(2)16-17-26(27)32)35-22-31(38)29(36-33(30)39)20-25-13-8-7-9-14-25/h7-11,13-14,16-17,19,24,28-32,35,38H,5-6,12,15,18,20-22H2,1-4H3,(H,36,39)/b11-10+/t24?,28-,29+,30-,31-,32+/m1/s1. The lowest BCUT2D eigenvalue weighted by molar-refractivity contribution is -0.142. The molecular formula is C34H47N3O4. The maximum absolute atomic E-state index is 13.8. The Labute approximate surface area is 245 Å². The Morgan fingerprint density at radius 3 is 2.68 bits per heavy atom. The molecule has 0 saturated heterocycles. The van der Waals surface area contributed by atoms with Crippen molar-refractivity contribution in [3.05, 3.63) is 82.9 Å². The molecule has 1 heterocycles. The van der Waals surface area contributed by atoms with Gasteiger partial charge in [0.25, 0.3) is 0 Å². The van der Waals surface area contributed by atoms with E-state index in [1.165, 1.54) is 16.7 Å². The predicted molar refractivity (Wildman–Crippen MR) is 162 cm³/mol. The first-order valence-corrected chi connectivity index (χ1v) is 15.2. The molecule has 4 rings (SSSR count). The molecule has 41 heavy (non-hydrogen) atoms. The van der Waals surface area contributed by atoms with Gasteiger partial charge in [-0.3, -0.25) is 9.59 Å². The fourth-order valence-electron chi connectivity index (χ4n) is 5.98. The summed E-state index contributed by atoms with van der Waals surface area (Å²) in [5, 5.41) is 18.2. The molecule has 0 aromatic heterocycles. The summed E-state index contributed by atoms with van der Waals surface area (Å²) in [5.74, 6) is -0.454. The highest BCUT2D eigenvalue weighted by Gasteiger charge is 2.34. The fraction of sp³-hybridized carbons (Fsp3) is 0.529. The van der Waals surface area contributed by atoms with Crippen molar-refractivity contribution >= 4 is 11.8 Å². The zero-order valence-corrected chi connectivity index (χ0v) is 25.0. The molecule has 0 radical (unpaired) electrons. The first-order valence-electron chi connectivity index (χ1n) is 15.2. The van der Waals surface area contributed by atoms with Crippen LogP contribution in [-0.2, 0) is 20.7 Å². The molecule has 7 heteroatoms. The van der Waals surface area contributed by atoms with Crippen LogP contribution in [0.2, 0.25) is 0 Å². The van der Waals surface area contributed by atoms with Crippen LogP contribution in [0, 0.1) is 12.8 Å². The van der Waals surface area contributed by atoms with Gasteiger partial charge in [0.05, 0.1) is 24.9 Å². The number of β-amino-alcohol motifs (C(OH)–C–C–N with tert-alkyl or cyclic N) is 1. The topological polar surface area (TPSA) is 90.9 Å². The third-order valence-electron chi connectivity index (χ3n) is 8.53. The minimum absolute atomic E-state index is 0.0350. The number of hydrogen-bond donors (Lipinski definition) is 3. The number of carbonyl (C=O) groups excluding carboxylic acids is 2. The SMILES string of the molecule is CCCCC(C)C(=O)N(C)[C@@H]1C/C=C/CO[C@H]2C[C@@H](NC[C@@H](O)[C@H](Cc3ccccc3)NC1=O)c1cc(C)ccc12. The normalized spacial score (nSPS) is 26.7. The highest BCUT2D eigenvalue weighted by Crippen LogP contribution is 2.41. The zero-order chi connectivity index (χ0) is 29.4. The zero-order valence-electron chi connectivity index (χ0n) is 25.0. The summed E-state index contributed by atoms with van der Waals surface area (Å²) in [6, 6.07) is 15.2. The molecule has 1 aliphatic carbocycles. The Balaban J connectivity index is 1.61. The summed E-state index contributed by atoms with van der Waals surface area (Å²) < 4.78 is 6.28. The summed E-state index contributed by atoms with van der Waals surface area (Å²) in [5.41, 5.74) is 4.61. The summed E-state index contributed by atoms with van der Waals surface area (Å²) in [6.45, 7) is 6.87. The molecule has 2 aliphatic rings. The molecule has 0 fully saturated rings. The van der Waals surface area contributed by atoms with E-state index < -0.39 is 18.2 Å². The van der Waals surface area contributed by atoms with Gasteiger partial charge in [0.2, 0.25) is 11.8 Å². The van der Waals surface area contributed by atoms with E-state index in [0.29, 0.717) is 26.0 Å². The number of likely N-dealkylation sites (N-methyl/N-ethyl adjacent to an activating group) is 1. The first-order chi connectivity index (χ1) is 19.8. The number of aryl methyl sites for hydroxylation is 1. The number of hydrogen-bond acceptors (Lipinski definition) is 5. The van der Waals surface area contributed by atoms with Crippen molar-refractivity contribution in [1.29, 1.82) is 0 Å². The van der Waals surface area contributed by atoms with Gasteiger partial charge in [-0.05, 0) is 49.3 Å². The second kappa shape index (κ2) is 14.8. The number of aliphatic hydroxyl groups excluding tert-OH is 1. The van der Waals surface area contributed by atoms with Crippen LogP contribution >= 0.6 is 0 Å². The van der Waals surface area contributed by atoms with Crippen LogP contribution in [0.1, 0.15) is 80.4 Å². The highest BCUT2D eigenvalue weighted by atomic mass is 16.5. The number of fused-ring (bicyclic) bond motifs is 5. The van der Waals surface area contributed by atoms with Crippen molar-refractivity contribution in [3.8, 4) is 0 Å². The van der Waals surface area contributed by atoms with Crippen molar-refractivity contribution in [2.24, 2.45) is 5.92 Å². The Hall–Kier alpha value is -3.00. The number of benzene rings is 2. The molecule has 222 valence electrons. The lowest BCUT2D eigenvalue weighted by Gasteiger charge is -2.32. The number of nitrogens with one attached hydrogen (secondary N) is 2. The van der Waals surface area contributed by atoms with E-state index in [-0.39, 0.29) is 29.9 Å². The summed E-state index contributed by atoms with van der Waals surface area (Å²) in [4.78, 5) is 28.7. The van der Waals surface area contributed by atoms with Gasteiger partial charge in [-0.15, -0.1) is 0 Å². The molecule has 0 spiro atoms. The molecule has 0 saturated carbocycles. The molecule has 3 N–H and O–H groups in total. The molecule has 1 unspecified atom stereocenters. The van der Waals surface area contributed by atoms with Gasteiger partial charge in [-0.25, -0.2) is 0 Å². The lowest BCUT2D eigenvalue weighted by atomic mass is 9.98. The smallest absolute Gasteiger partial charge is 0.243 e. The summed E-state index contributed by atoms with van der Waals surface area (Å²) in [7, 11) is 1.72. The minimum atomic E-state index is -0.835. The molecule has 2 bridgehead atoms. The van der Waals surface area contributed by atoms with Gasteiger partial charge in [0, 0.05) is 25.6 Å². The van der Waals surface area contributed by atoms with Gasteiger partial charge in [-0.2, -0.15) is 0 Å². The quantitative estimate of drug-likeness (QED) is 0.423. The van der Waals surface area contributed by atoms with Crippen LogP contribution in [0.3, 0.4) is 0 Å². The van der Waals surface area contributed by atoms with Crippen LogP contribution in [0.15, 0.2) is 60.7 Å². The molecule has 2 amide bonds. The summed E-state index contributed by atoms with van der Waals surface area (Å²) in [6.07, 6.45) is 7.42. The Morgan fingerprint density at radius 1 is 1.15 bits per heavy atom. The molecule has 2 aromatic carbocycles. The number of ether oxygens (including phenoxy) is 1. The van der Waals surface area contributed by atoms with E-state index in [2.05, 4.69) is 42.7 Å². The predicted octanol–water partition coefficient (Wildman–Crippen LogP) is 4.79. The Bertz CT molecular complexity index is 1180. The van der Waals surface area contributed by atoms with Gasteiger partial charge in [0.1, 0.15) is 6.04 Å². The lowest BCUT2D eigenvalue weighted by Crippen LogP contribution is -2.55. The number of amides is 2. The van der Waals surface area contributed by atoms with Crippen molar-refractivity contribution in [2.45, 2.75) is 89.6 Å². The van der Waals surface area contributed by atoms with Gasteiger partial charge >= 0.3 is 0 Å². The third kappa shape index (κ3) is 8.06. The van der Waals surface area contributed by atoms with Crippen LogP contribution < -0.4 is 10.6 Å². The largest absolute Gasteiger partial charge is 0.390 e. The van der Waals surface area contributed by atoms with Crippen molar-refractivity contribution in [1.82, 2.24) is 15.5 Å². The second-order valence-corrected chi connectivity index (χ2v) is 11.7. The number of carbonyl (C=O) groups is 2. The maximum atomic E-state index is 13.8. The van der Waals surface area contributed by atoms with Crippen molar-refractivity contribution in [2.75, 3.05) is 20.2 Å². The number of nitrogens with zero attached hydrogens (tertiary/aromatic N) is 1. The average molecular weight is 562 g/mol. The van der Waals surface area contributed by atoms with Gasteiger partial charge < -0.3 is 25.4 Å². The minimum Gasteiger partial charge on any atom is -0.390 e. The molecular weight excluding hydrogens is 514 g/mol. The van der Waals surface area contributed by atoms with Crippen LogP contribution in [-0.4, -0.2) is 60.2 Å². The van der Waals surface area contributed by atoms with E-state index >= 15 is 0 Å². The monoisotopic (exact) mass is 561 g/mol. The van der Waals surface area contributed by atoms with E-state index in [1.54, 1.807) is 11.9 Å². The molecule has 6 atom stereocenters. The van der Waals surface area contributed by atoms with E-state index in [0.717, 1.165) is 31.2 Å². The fourth-order valence-corrected chi connectivity index (χ4v) is 5.98. The molecule has 7 nitrogen and oxygen atoms in total. The molecule has 2 aromatic rings. The first kappa shape index (κ1) is 30.9. The second-order valence-electron chi connectivity index (χ2n) is 11.7. The number of aliphatic hydroxyl groups is 1. The van der Waals surface area contributed by atoms with Crippen LogP contribution in [0.4, 0.5) is 0 Å². The number of rotatable bonds is 7. The maximum Gasteiger partial charge on any atom is 0.243 e. The van der Waals surface area contributed by atoms with Crippen molar-refractivity contribution in [3.63, 3.8) is 0 Å². The highest BCUT2D eigenvalue weighted by molar-refractivity contribution is 5.88. The van der Waals surface area contributed by atoms with E-state index in [9.17, 15) is 14.7 Å². The Kier molecular flexibility index (Phi) is 11.1. The molecule has 1 aliphatic heterocycles. The van der Waals surface area contributed by atoms with Gasteiger partial charge in [0.15, 0.2) is 0 Å². The van der Waals surface area contributed by atoms with Gasteiger partial charge in [-0.1, -0.05) is 92.9 Å². The van der Waals surface area contributed by atoms with E-state index in [4.69, 9.17) is 4.74 Å². The third-order valence-corrected chi connectivity index (χ3v) is 8.53. The van der Waals surface area contributed by atoms with Crippen LogP contribution in [0.25, 0.3) is 0 Å². The Morgan fingerprint density at radius 2 is 1.93 bits per heavy atom. The van der Waals surface area contributed by atoms with Crippen LogP contribution in [0.5, 0.6) is 0 Å². The van der Waals surface area contributed by atoms with E-state index in [1.807, 2.05) is 49.4 Å². The number of unbranched alkanes of at least 4 members (excludes halogenated alkanes) is 1.